The Bertz CT molecular complexity index is 1320. The maximum atomic E-state index is 13.9. The van der Waals surface area contributed by atoms with Gasteiger partial charge in [0.05, 0.1) is 16.5 Å². The first kappa shape index (κ1) is 26.0. The summed E-state index contributed by atoms with van der Waals surface area (Å²) < 4.78 is 41.8. The SMILES string of the molecule is Cc1ccc(CC(NC(=O)C2(c3ccc(Cl)cc3Cl)CC2)C(=O)NC23CN4CCC2C3C4)c(C(F)(F)F)c1. The first-order chi connectivity index (χ1) is 17.9. The molecule has 2 saturated carbocycles. The fourth-order valence-corrected chi connectivity index (χ4v) is 7.40. The molecule has 0 spiro atoms. The Hall–Kier alpha value is -2.29. The van der Waals surface area contributed by atoms with E-state index in [0.29, 0.717) is 45.8 Å². The van der Waals surface area contributed by atoms with Gasteiger partial charge in [-0.05, 0) is 68.0 Å². The van der Waals surface area contributed by atoms with E-state index in [1.807, 2.05) is 0 Å². The van der Waals surface area contributed by atoms with Gasteiger partial charge >= 0.3 is 6.18 Å². The molecule has 2 aromatic rings. The Labute approximate surface area is 229 Å². The molecule has 5 fully saturated rings. The second-order valence-corrected chi connectivity index (χ2v) is 12.2. The number of piperidine rings is 3. The lowest BCUT2D eigenvalue weighted by molar-refractivity contribution is -0.138. The summed E-state index contributed by atoms with van der Waals surface area (Å²) in [7, 11) is 0. The van der Waals surface area contributed by atoms with Crippen LogP contribution in [0.25, 0.3) is 0 Å². The van der Waals surface area contributed by atoms with Crippen molar-refractivity contribution < 1.29 is 22.8 Å². The second-order valence-electron chi connectivity index (χ2n) is 11.4. The summed E-state index contributed by atoms with van der Waals surface area (Å²) in [5, 5.41) is 6.78. The fourth-order valence-electron chi connectivity index (χ4n) is 6.81. The number of fused-ring (bicyclic) bond motifs is 1. The Morgan fingerprint density at radius 3 is 2.47 bits per heavy atom. The van der Waals surface area contributed by atoms with Crippen LogP contribution in [0.4, 0.5) is 13.2 Å². The molecule has 2 amide bonds. The Kier molecular flexibility index (Phi) is 6.05. The van der Waals surface area contributed by atoms with E-state index in [4.69, 9.17) is 23.2 Å². The normalized spacial score (nSPS) is 28.9. The molecule has 2 aromatic carbocycles. The number of rotatable bonds is 7. The van der Waals surface area contributed by atoms with Crippen molar-refractivity contribution in [3.63, 3.8) is 0 Å². The van der Waals surface area contributed by atoms with Crippen LogP contribution in [0.5, 0.6) is 0 Å². The summed E-state index contributed by atoms with van der Waals surface area (Å²) in [5.41, 5.74) is -1.02. The van der Waals surface area contributed by atoms with Crippen molar-refractivity contribution in [1.29, 1.82) is 0 Å². The molecule has 3 aliphatic heterocycles. The van der Waals surface area contributed by atoms with Gasteiger partial charge in [-0.25, -0.2) is 0 Å². The molecule has 3 heterocycles. The van der Waals surface area contributed by atoms with Crippen molar-refractivity contribution in [2.75, 3.05) is 19.6 Å². The predicted octanol–water partition coefficient (Wildman–Crippen LogP) is 4.90. The van der Waals surface area contributed by atoms with Crippen LogP contribution in [-0.4, -0.2) is 47.9 Å². The molecular formula is C28H28Cl2F3N3O2. The number of alkyl halides is 3. The van der Waals surface area contributed by atoms with Crippen molar-refractivity contribution in [1.82, 2.24) is 15.5 Å². The molecule has 5 nitrogen and oxygen atoms in total. The molecule has 5 atom stereocenters. The highest BCUT2D eigenvalue weighted by atomic mass is 35.5. The molecule has 5 aliphatic rings. The minimum atomic E-state index is -4.58. The number of hydrogen-bond acceptors (Lipinski definition) is 3. The summed E-state index contributed by atoms with van der Waals surface area (Å²) in [4.78, 5) is 29.7. The molecule has 38 heavy (non-hydrogen) atoms. The van der Waals surface area contributed by atoms with E-state index < -0.39 is 35.0 Å². The van der Waals surface area contributed by atoms with Crippen LogP contribution in [0.2, 0.25) is 10.0 Å². The lowest BCUT2D eigenvalue weighted by Gasteiger charge is -2.31. The number of nitrogens with zero attached hydrogens (tertiary/aromatic N) is 1. The summed E-state index contributed by atoms with van der Waals surface area (Å²) in [6, 6.07) is 7.82. The zero-order valence-corrected chi connectivity index (χ0v) is 22.3. The van der Waals surface area contributed by atoms with Crippen molar-refractivity contribution in [2.45, 2.75) is 55.8 Å². The van der Waals surface area contributed by atoms with Crippen LogP contribution in [-0.2, 0) is 27.6 Å². The highest BCUT2D eigenvalue weighted by Crippen LogP contribution is 2.60. The van der Waals surface area contributed by atoms with E-state index in [1.165, 1.54) is 6.07 Å². The van der Waals surface area contributed by atoms with Crippen molar-refractivity contribution >= 4 is 35.0 Å². The summed E-state index contributed by atoms with van der Waals surface area (Å²) in [6.45, 7) is 4.27. The number of carbonyl (C=O) groups is 2. The quantitative estimate of drug-likeness (QED) is 0.502. The number of nitrogens with one attached hydrogen (secondary N) is 2. The minimum absolute atomic E-state index is 0.0283. The highest BCUT2D eigenvalue weighted by molar-refractivity contribution is 6.35. The number of amides is 2. The molecule has 2 aliphatic carbocycles. The van der Waals surface area contributed by atoms with Crippen molar-refractivity contribution in [3.05, 3.63) is 68.7 Å². The van der Waals surface area contributed by atoms with E-state index in [-0.39, 0.29) is 17.5 Å². The monoisotopic (exact) mass is 565 g/mol. The Balaban J connectivity index is 1.29. The molecule has 7 rings (SSSR count). The van der Waals surface area contributed by atoms with Crippen LogP contribution in [0.1, 0.15) is 41.5 Å². The van der Waals surface area contributed by atoms with Gasteiger partial charge in [0.2, 0.25) is 11.8 Å². The zero-order chi connectivity index (χ0) is 27.0. The standard InChI is InChI=1S/C28H28Cl2F3N3O2/c1-15-2-3-16(20(10-15)28(31,32)33)11-23(24(37)35-27-14-36-9-6-18(27)21(27)13-36)34-25(38)26(7-8-26)19-5-4-17(29)12-22(19)30/h2-5,10,12,18,21,23H,6-9,11,13-14H2,1H3,(H,34,38)(H,35,37). The first-order valence-electron chi connectivity index (χ1n) is 12.9. The first-order valence-corrected chi connectivity index (χ1v) is 13.7. The van der Waals surface area contributed by atoms with Gasteiger partial charge in [0.15, 0.2) is 0 Å². The number of aryl methyl sites for hydroxylation is 1. The molecular weight excluding hydrogens is 538 g/mol. The smallest absolute Gasteiger partial charge is 0.347 e. The van der Waals surface area contributed by atoms with E-state index in [2.05, 4.69) is 15.5 Å². The predicted molar refractivity (Wildman–Crippen MR) is 138 cm³/mol. The largest absolute Gasteiger partial charge is 0.416 e. The van der Waals surface area contributed by atoms with Gasteiger partial charge in [0.1, 0.15) is 6.04 Å². The van der Waals surface area contributed by atoms with Gasteiger partial charge in [0, 0.05) is 35.5 Å². The van der Waals surface area contributed by atoms with Crippen molar-refractivity contribution in [2.24, 2.45) is 11.8 Å². The average molecular weight is 566 g/mol. The molecule has 10 heteroatoms. The fraction of sp³-hybridized carbons (Fsp3) is 0.500. The third-order valence-electron chi connectivity index (χ3n) is 9.00. The van der Waals surface area contributed by atoms with Crippen LogP contribution in [0.15, 0.2) is 36.4 Å². The van der Waals surface area contributed by atoms with Gasteiger partial charge < -0.3 is 15.5 Å². The highest BCUT2D eigenvalue weighted by Gasteiger charge is 2.71. The third kappa shape index (κ3) is 4.29. The van der Waals surface area contributed by atoms with E-state index in [9.17, 15) is 22.8 Å². The Morgan fingerprint density at radius 1 is 1.13 bits per heavy atom. The second kappa shape index (κ2) is 8.86. The van der Waals surface area contributed by atoms with Gasteiger partial charge in [0.25, 0.3) is 0 Å². The molecule has 0 radical (unpaired) electrons. The molecule has 5 unspecified atom stereocenters. The minimum Gasteiger partial charge on any atom is -0.347 e. The lowest BCUT2D eigenvalue weighted by Crippen LogP contribution is -2.56. The van der Waals surface area contributed by atoms with Gasteiger partial charge in [-0.2, -0.15) is 13.2 Å². The topological polar surface area (TPSA) is 61.4 Å². The summed E-state index contributed by atoms with van der Waals surface area (Å²) in [6.07, 6.45) is -2.81. The van der Waals surface area contributed by atoms with E-state index >= 15 is 0 Å². The lowest BCUT2D eigenvalue weighted by atomic mass is 9.93. The third-order valence-corrected chi connectivity index (χ3v) is 9.55. The number of carbonyl (C=O) groups excluding carboxylic acids is 2. The van der Waals surface area contributed by atoms with Gasteiger partial charge in [-0.1, -0.05) is 47.0 Å². The zero-order valence-electron chi connectivity index (χ0n) is 20.8. The van der Waals surface area contributed by atoms with Crippen molar-refractivity contribution in [3.8, 4) is 0 Å². The molecule has 202 valence electrons. The van der Waals surface area contributed by atoms with Crippen LogP contribution in [0.3, 0.4) is 0 Å². The number of halogens is 5. The molecule has 0 aromatic heterocycles. The molecule has 3 saturated heterocycles. The maximum absolute atomic E-state index is 13.9. The van der Waals surface area contributed by atoms with Gasteiger partial charge in [-0.15, -0.1) is 0 Å². The maximum Gasteiger partial charge on any atom is 0.416 e. The molecule has 2 N–H and O–H groups in total. The molecule has 4 bridgehead atoms. The van der Waals surface area contributed by atoms with E-state index in [0.717, 1.165) is 32.1 Å². The van der Waals surface area contributed by atoms with E-state index in [1.54, 1.807) is 31.2 Å². The Morgan fingerprint density at radius 2 is 1.89 bits per heavy atom. The van der Waals surface area contributed by atoms with Crippen LogP contribution < -0.4 is 10.6 Å². The summed E-state index contributed by atoms with van der Waals surface area (Å²) in [5.74, 6) is -0.102. The summed E-state index contributed by atoms with van der Waals surface area (Å²) >= 11 is 12.5. The average Bonchev–Trinajstić information content (AvgIpc) is 3.74. The number of benzene rings is 2. The van der Waals surface area contributed by atoms with Crippen LogP contribution in [0, 0.1) is 18.8 Å². The number of hydrogen-bond donors (Lipinski definition) is 2. The van der Waals surface area contributed by atoms with Gasteiger partial charge in [-0.3, -0.25) is 9.59 Å². The van der Waals surface area contributed by atoms with Crippen LogP contribution >= 0.6 is 23.2 Å².